The quantitative estimate of drug-likeness (QED) is 0.811. The van der Waals surface area contributed by atoms with Crippen LogP contribution in [-0.2, 0) is 31.1 Å². The minimum Gasteiger partial charge on any atom is -0.347 e. The topological polar surface area (TPSA) is 28.5 Å². The molecule has 0 unspecified atom stereocenters. The van der Waals surface area contributed by atoms with E-state index < -0.39 is 0 Å². The Hall–Kier alpha value is -1.81. The Kier molecular flexibility index (Phi) is 5.50. The molecule has 0 atom stereocenters. The highest BCUT2D eigenvalue weighted by Crippen LogP contribution is 2.32. The van der Waals surface area contributed by atoms with Gasteiger partial charge in [0.15, 0.2) is 0 Å². The number of fused-ring (bicyclic) bond motifs is 3. The summed E-state index contributed by atoms with van der Waals surface area (Å²) < 4.78 is 2.42. The van der Waals surface area contributed by atoms with Crippen LogP contribution in [0.4, 0.5) is 0 Å². The molecule has 4 nitrogen and oxygen atoms in total. The van der Waals surface area contributed by atoms with Gasteiger partial charge >= 0.3 is 0 Å². The van der Waals surface area contributed by atoms with E-state index in [-0.39, 0.29) is 0 Å². The number of piperidine rings is 1. The molecule has 0 radical (unpaired) electrons. The lowest BCUT2D eigenvalue weighted by Crippen LogP contribution is -2.38. The lowest BCUT2D eigenvalue weighted by molar-refractivity contribution is -0.132. The summed E-state index contributed by atoms with van der Waals surface area (Å²) in [5.41, 5.74) is 7.04. The highest BCUT2D eigenvalue weighted by molar-refractivity contribution is 5.89. The van der Waals surface area contributed by atoms with Crippen molar-refractivity contribution < 1.29 is 4.79 Å². The van der Waals surface area contributed by atoms with Crippen molar-refractivity contribution in [3.63, 3.8) is 0 Å². The average molecular weight is 382 g/mol. The van der Waals surface area contributed by atoms with Gasteiger partial charge in [-0.2, -0.15) is 0 Å². The standard InChI is InChI=1S/C24H35N3O/c1-17-7-13-27(14-8-17)23(28)6-5-19-15-18(2)16-21-20-9-11-25(3)12-10-22(20)26(4)24(19)21/h15-17H,5-14H2,1-4H3. The van der Waals surface area contributed by atoms with E-state index in [9.17, 15) is 4.79 Å². The van der Waals surface area contributed by atoms with Crippen molar-refractivity contribution in [1.29, 1.82) is 0 Å². The van der Waals surface area contributed by atoms with Crippen LogP contribution in [-0.4, -0.2) is 53.5 Å². The van der Waals surface area contributed by atoms with Crippen LogP contribution in [0.2, 0.25) is 0 Å². The SMILES string of the molecule is Cc1cc(CCC(=O)N2CCC(C)CC2)c2c(c1)c1c(n2C)CCN(C)CC1. The molecule has 2 aromatic rings. The van der Waals surface area contributed by atoms with Gasteiger partial charge in [0.2, 0.25) is 5.91 Å². The summed E-state index contributed by atoms with van der Waals surface area (Å²) >= 11 is 0. The number of amides is 1. The Morgan fingerprint density at radius 2 is 1.79 bits per heavy atom. The van der Waals surface area contributed by atoms with Crippen LogP contribution in [0.3, 0.4) is 0 Å². The summed E-state index contributed by atoms with van der Waals surface area (Å²) in [6.45, 7) is 8.62. The summed E-state index contributed by atoms with van der Waals surface area (Å²) in [5, 5.41) is 1.42. The Bertz CT molecular complexity index is 874. The molecule has 152 valence electrons. The maximum absolute atomic E-state index is 12.8. The molecule has 0 bridgehead atoms. The Labute approximate surface area is 169 Å². The summed E-state index contributed by atoms with van der Waals surface area (Å²) in [6.07, 6.45) is 6.02. The molecule has 1 fully saturated rings. The highest BCUT2D eigenvalue weighted by Gasteiger charge is 2.23. The fraction of sp³-hybridized carbons (Fsp3) is 0.625. The first-order valence-electron chi connectivity index (χ1n) is 11.0. The van der Waals surface area contributed by atoms with Gasteiger partial charge in [-0.1, -0.05) is 18.6 Å². The zero-order valence-electron chi connectivity index (χ0n) is 18.1. The van der Waals surface area contributed by atoms with Gasteiger partial charge in [0.1, 0.15) is 0 Å². The third-order valence-electron chi connectivity index (χ3n) is 6.97. The number of likely N-dealkylation sites (tertiary alicyclic amines) is 1. The van der Waals surface area contributed by atoms with Crippen LogP contribution < -0.4 is 0 Å². The number of aryl methyl sites for hydroxylation is 3. The first-order chi connectivity index (χ1) is 13.4. The van der Waals surface area contributed by atoms with Gasteiger partial charge in [-0.3, -0.25) is 4.79 Å². The third-order valence-corrected chi connectivity index (χ3v) is 6.97. The molecule has 3 heterocycles. The van der Waals surface area contributed by atoms with Crippen molar-refractivity contribution in [2.45, 2.75) is 52.4 Å². The Morgan fingerprint density at radius 3 is 2.54 bits per heavy atom. The van der Waals surface area contributed by atoms with Gasteiger partial charge in [0.25, 0.3) is 0 Å². The third kappa shape index (κ3) is 3.71. The number of carbonyl (C=O) groups is 1. The monoisotopic (exact) mass is 381 g/mol. The minimum absolute atomic E-state index is 0.332. The van der Waals surface area contributed by atoms with Crippen LogP contribution in [0.15, 0.2) is 12.1 Å². The van der Waals surface area contributed by atoms with Crippen LogP contribution in [0, 0.1) is 12.8 Å². The van der Waals surface area contributed by atoms with Gasteiger partial charge < -0.3 is 14.4 Å². The smallest absolute Gasteiger partial charge is 0.222 e. The molecule has 1 saturated heterocycles. The molecule has 0 aliphatic carbocycles. The molecule has 4 heteroatoms. The average Bonchev–Trinajstić information content (AvgIpc) is 2.80. The van der Waals surface area contributed by atoms with E-state index in [1.807, 2.05) is 0 Å². The van der Waals surface area contributed by atoms with Crippen LogP contribution in [0.25, 0.3) is 10.9 Å². The number of nitrogens with zero attached hydrogens (tertiary/aromatic N) is 3. The van der Waals surface area contributed by atoms with Gasteiger partial charge in [-0.25, -0.2) is 0 Å². The Balaban J connectivity index is 1.59. The predicted molar refractivity (Wildman–Crippen MR) is 116 cm³/mol. The second kappa shape index (κ2) is 7.90. The maximum Gasteiger partial charge on any atom is 0.222 e. The summed E-state index contributed by atoms with van der Waals surface area (Å²) in [7, 11) is 4.44. The van der Waals surface area contributed by atoms with E-state index >= 15 is 0 Å². The Morgan fingerprint density at radius 1 is 1.07 bits per heavy atom. The second-order valence-corrected chi connectivity index (χ2v) is 9.17. The first kappa shape index (κ1) is 19.5. The first-order valence-corrected chi connectivity index (χ1v) is 11.0. The molecule has 4 rings (SSSR count). The van der Waals surface area contributed by atoms with Gasteiger partial charge in [0.05, 0.1) is 5.52 Å². The molecule has 1 aromatic carbocycles. The van der Waals surface area contributed by atoms with Crippen molar-refractivity contribution in [2.75, 3.05) is 33.2 Å². The van der Waals surface area contributed by atoms with Gasteiger partial charge in [-0.15, -0.1) is 0 Å². The van der Waals surface area contributed by atoms with Crippen molar-refractivity contribution >= 4 is 16.8 Å². The van der Waals surface area contributed by atoms with Gasteiger partial charge in [0, 0.05) is 57.1 Å². The maximum atomic E-state index is 12.8. The number of aromatic nitrogens is 1. The molecule has 0 spiro atoms. The zero-order chi connectivity index (χ0) is 19.8. The fourth-order valence-corrected chi connectivity index (χ4v) is 5.13. The summed E-state index contributed by atoms with van der Waals surface area (Å²) in [6, 6.07) is 4.66. The molecule has 28 heavy (non-hydrogen) atoms. The molecule has 1 amide bonds. The van der Waals surface area contributed by atoms with Crippen LogP contribution in [0.1, 0.15) is 48.6 Å². The largest absolute Gasteiger partial charge is 0.347 e. The number of likely N-dealkylation sites (N-methyl/N-ethyl adjacent to an activating group) is 1. The van der Waals surface area contributed by atoms with E-state index in [1.54, 1.807) is 0 Å². The fourth-order valence-electron chi connectivity index (χ4n) is 5.13. The lowest BCUT2D eigenvalue weighted by atomic mass is 9.97. The minimum atomic E-state index is 0.332. The lowest BCUT2D eigenvalue weighted by Gasteiger charge is -2.30. The number of hydrogen-bond acceptors (Lipinski definition) is 2. The molecule has 0 N–H and O–H groups in total. The van der Waals surface area contributed by atoms with E-state index in [2.05, 4.69) is 54.4 Å². The summed E-state index contributed by atoms with van der Waals surface area (Å²) in [4.78, 5) is 17.3. The highest BCUT2D eigenvalue weighted by atomic mass is 16.2. The molecule has 2 aliphatic rings. The number of hydrogen-bond donors (Lipinski definition) is 0. The van der Waals surface area contributed by atoms with E-state index in [0.29, 0.717) is 12.3 Å². The van der Waals surface area contributed by atoms with E-state index in [1.165, 1.54) is 33.3 Å². The van der Waals surface area contributed by atoms with Crippen LogP contribution in [0.5, 0.6) is 0 Å². The van der Waals surface area contributed by atoms with Crippen molar-refractivity contribution in [3.05, 3.63) is 34.5 Å². The van der Waals surface area contributed by atoms with E-state index in [4.69, 9.17) is 0 Å². The van der Waals surface area contributed by atoms with Crippen LogP contribution >= 0.6 is 0 Å². The number of benzene rings is 1. The number of carbonyl (C=O) groups excluding carboxylic acids is 1. The van der Waals surface area contributed by atoms with Crippen molar-refractivity contribution in [1.82, 2.24) is 14.4 Å². The molecular weight excluding hydrogens is 346 g/mol. The number of rotatable bonds is 3. The van der Waals surface area contributed by atoms with Gasteiger partial charge in [-0.05, 0) is 62.8 Å². The van der Waals surface area contributed by atoms with Crippen molar-refractivity contribution in [3.8, 4) is 0 Å². The van der Waals surface area contributed by atoms with E-state index in [0.717, 1.165) is 64.2 Å². The zero-order valence-corrected chi connectivity index (χ0v) is 18.1. The summed E-state index contributed by atoms with van der Waals surface area (Å²) in [5.74, 6) is 1.09. The molecule has 1 aromatic heterocycles. The normalized spacial score (nSPS) is 19.1. The molecule has 0 saturated carbocycles. The second-order valence-electron chi connectivity index (χ2n) is 9.17. The predicted octanol–water partition coefficient (Wildman–Crippen LogP) is 3.71. The molecule has 2 aliphatic heterocycles. The van der Waals surface area contributed by atoms with Crippen molar-refractivity contribution in [2.24, 2.45) is 13.0 Å². The molecular formula is C24H35N3O.